The Hall–Kier alpha value is -3.73. The molecule has 1 aromatic rings. The van der Waals surface area contributed by atoms with Crippen molar-refractivity contribution in [2.24, 2.45) is 23.5 Å². The minimum atomic E-state index is -0.940. The standard InChI is InChI=1S/C32H49N5O6/c1-18(2)26(30(40)36-27(19(3)4)32(42)43-8)35-29(39)22(7)37-15-14-24(21(6)34-28(38)20(5)33)17-25(31(37)41)16-23-12-10-9-11-13-23/h9-13,17-22,25-27H,14-16,33H2,1-8H3,(H,34,38)(H,35,39)(H,36,40)/t20-,21-,22-,25+,26-,27-/m0/s1. The lowest BCUT2D eigenvalue weighted by molar-refractivity contribution is -0.147. The SMILES string of the molecule is COC(=O)[C@@H](NC(=O)[C@@H](NC(=O)[C@H](C)N1CCC([C@H](C)NC(=O)[C@H](C)N)=C[C@@H](Cc2ccccc2)C1=O)C(C)C)C(C)C. The summed E-state index contributed by atoms with van der Waals surface area (Å²) in [7, 11) is 1.25. The maximum absolute atomic E-state index is 13.9. The molecule has 1 aliphatic rings. The van der Waals surface area contributed by atoms with Gasteiger partial charge in [0.1, 0.15) is 18.1 Å². The summed E-state index contributed by atoms with van der Waals surface area (Å²) >= 11 is 0. The predicted molar refractivity (Wildman–Crippen MR) is 164 cm³/mol. The third-order valence-electron chi connectivity index (χ3n) is 7.80. The summed E-state index contributed by atoms with van der Waals surface area (Å²) in [6.07, 6.45) is 2.76. The van der Waals surface area contributed by atoms with Gasteiger partial charge in [0.05, 0.1) is 19.1 Å². The number of ether oxygens (including phenoxy) is 1. The Kier molecular flexibility index (Phi) is 13.4. The van der Waals surface area contributed by atoms with Gasteiger partial charge >= 0.3 is 5.97 Å². The topological polar surface area (TPSA) is 160 Å². The van der Waals surface area contributed by atoms with Gasteiger partial charge in [-0.3, -0.25) is 19.2 Å². The molecule has 0 saturated heterocycles. The number of methoxy groups -OCH3 is 1. The Morgan fingerprint density at radius 1 is 0.884 bits per heavy atom. The average Bonchev–Trinajstić information content (AvgIpc) is 3.12. The van der Waals surface area contributed by atoms with Crippen molar-refractivity contribution in [2.45, 2.75) is 91.5 Å². The van der Waals surface area contributed by atoms with E-state index in [-0.39, 0.29) is 36.2 Å². The van der Waals surface area contributed by atoms with Crippen LogP contribution < -0.4 is 21.7 Å². The number of nitrogens with two attached hydrogens (primary N) is 1. The molecule has 4 amide bonds. The lowest BCUT2D eigenvalue weighted by Crippen LogP contribution is -2.58. The molecular formula is C32H49N5O6. The van der Waals surface area contributed by atoms with Crippen molar-refractivity contribution < 1.29 is 28.7 Å². The number of hydrogen-bond acceptors (Lipinski definition) is 7. The molecule has 1 aromatic carbocycles. The van der Waals surface area contributed by atoms with E-state index in [1.54, 1.807) is 41.5 Å². The molecule has 0 aromatic heterocycles. The zero-order valence-electron chi connectivity index (χ0n) is 26.7. The predicted octanol–water partition coefficient (Wildman–Crippen LogP) is 1.70. The van der Waals surface area contributed by atoms with Crippen molar-refractivity contribution in [2.75, 3.05) is 13.7 Å². The molecule has 0 radical (unpaired) electrons. The van der Waals surface area contributed by atoms with Crippen molar-refractivity contribution in [1.82, 2.24) is 20.9 Å². The summed E-state index contributed by atoms with van der Waals surface area (Å²) in [5, 5.41) is 8.43. The zero-order valence-corrected chi connectivity index (χ0v) is 26.7. The maximum Gasteiger partial charge on any atom is 0.328 e. The Labute approximate surface area is 255 Å². The molecule has 11 heteroatoms. The van der Waals surface area contributed by atoms with Crippen LogP contribution in [0.2, 0.25) is 0 Å². The van der Waals surface area contributed by atoms with E-state index in [9.17, 15) is 24.0 Å². The molecule has 0 fully saturated rings. The van der Waals surface area contributed by atoms with E-state index in [0.717, 1.165) is 11.1 Å². The first-order chi connectivity index (χ1) is 20.2. The molecule has 0 aliphatic carbocycles. The van der Waals surface area contributed by atoms with Crippen LogP contribution in [0.3, 0.4) is 0 Å². The normalized spacial score (nSPS) is 19.0. The molecule has 1 heterocycles. The number of esters is 1. The van der Waals surface area contributed by atoms with Gasteiger partial charge in [-0.2, -0.15) is 0 Å². The van der Waals surface area contributed by atoms with Gasteiger partial charge in [-0.25, -0.2) is 4.79 Å². The summed E-state index contributed by atoms with van der Waals surface area (Å²) in [6, 6.07) is 5.87. The molecule has 43 heavy (non-hydrogen) atoms. The molecular weight excluding hydrogens is 550 g/mol. The molecule has 6 atom stereocenters. The number of carbonyl (C=O) groups is 5. The Bertz CT molecular complexity index is 1170. The van der Waals surface area contributed by atoms with Crippen molar-refractivity contribution in [3.8, 4) is 0 Å². The van der Waals surface area contributed by atoms with E-state index in [1.807, 2.05) is 43.3 Å². The molecule has 238 valence electrons. The fraction of sp³-hybridized carbons (Fsp3) is 0.594. The van der Waals surface area contributed by atoms with E-state index in [0.29, 0.717) is 12.8 Å². The molecule has 0 saturated carbocycles. The van der Waals surface area contributed by atoms with Crippen molar-refractivity contribution in [1.29, 1.82) is 0 Å². The number of nitrogens with zero attached hydrogens (tertiary/aromatic N) is 1. The first-order valence-electron chi connectivity index (χ1n) is 15.0. The molecule has 0 bridgehead atoms. The van der Waals surface area contributed by atoms with Crippen LogP contribution in [0.5, 0.6) is 0 Å². The highest BCUT2D eigenvalue weighted by atomic mass is 16.5. The van der Waals surface area contributed by atoms with Gasteiger partial charge in [0, 0.05) is 12.6 Å². The van der Waals surface area contributed by atoms with E-state index in [2.05, 4.69) is 16.0 Å². The molecule has 5 N–H and O–H groups in total. The summed E-state index contributed by atoms with van der Waals surface area (Å²) in [4.78, 5) is 66.8. The third-order valence-corrected chi connectivity index (χ3v) is 7.80. The van der Waals surface area contributed by atoms with Gasteiger partial charge in [-0.15, -0.1) is 0 Å². The van der Waals surface area contributed by atoms with Gasteiger partial charge in [0.15, 0.2) is 0 Å². The molecule has 0 unspecified atom stereocenters. The number of rotatable bonds is 13. The van der Waals surface area contributed by atoms with Crippen LogP contribution in [-0.2, 0) is 35.1 Å². The quantitative estimate of drug-likeness (QED) is 0.198. The van der Waals surface area contributed by atoms with Crippen molar-refractivity contribution in [3.63, 3.8) is 0 Å². The number of benzene rings is 1. The van der Waals surface area contributed by atoms with E-state index < -0.39 is 47.9 Å². The van der Waals surface area contributed by atoms with Gasteiger partial charge < -0.3 is 31.3 Å². The molecule has 11 nitrogen and oxygen atoms in total. The first kappa shape index (κ1) is 35.5. The minimum absolute atomic E-state index is 0.219. The Balaban J connectivity index is 2.29. The molecule has 0 spiro atoms. The number of carbonyl (C=O) groups excluding carboxylic acids is 5. The lowest BCUT2D eigenvalue weighted by Gasteiger charge is -2.32. The highest BCUT2D eigenvalue weighted by molar-refractivity contribution is 5.94. The van der Waals surface area contributed by atoms with Gasteiger partial charge in [0.25, 0.3) is 0 Å². The molecule has 1 aliphatic heterocycles. The number of amides is 4. The smallest absolute Gasteiger partial charge is 0.328 e. The van der Waals surface area contributed by atoms with Crippen LogP contribution in [-0.4, -0.2) is 78.4 Å². The minimum Gasteiger partial charge on any atom is -0.467 e. The average molecular weight is 600 g/mol. The Morgan fingerprint density at radius 3 is 2.00 bits per heavy atom. The summed E-state index contributed by atoms with van der Waals surface area (Å²) in [6.45, 7) is 12.5. The highest BCUT2D eigenvalue weighted by Gasteiger charge is 2.36. The second-order valence-corrected chi connectivity index (χ2v) is 12.0. The summed E-state index contributed by atoms with van der Waals surface area (Å²) in [5.41, 5.74) is 7.58. The number of nitrogens with one attached hydrogen (secondary N) is 3. The fourth-order valence-corrected chi connectivity index (χ4v) is 5.00. The highest BCUT2D eigenvalue weighted by Crippen LogP contribution is 2.25. The van der Waals surface area contributed by atoms with Crippen LogP contribution in [0.4, 0.5) is 0 Å². The van der Waals surface area contributed by atoms with Gasteiger partial charge in [-0.05, 0) is 56.6 Å². The van der Waals surface area contributed by atoms with Crippen LogP contribution >= 0.6 is 0 Å². The van der Waals surface area contributed by atoms with Gasteiger partial charge in [-0.1, -0.05) is 64.1 Å². The molecule has 2 rings (SSSR count). The maximum atomic E-state index is 13.9. The largest absolute Gasteiger partial charge is 0.467 e. The van der Waals surface area contributed by atoms with E-state index >= 15 is 0 Å². The van der Waals surface area contributed by atoms with E-state index in [4.69, 9.17) is 10.5 Å². The van der Waals surface area contributed by atoms with Crippen molar-refractivity contribution in [3.05, 3.63) is 47.5 Å². The van der Waals surface area contributed by atoms with Crippen LogP contribution in [0.1, 0.15) is 60.5 Å². The lowest BCUT2D eigenvalue weighted by atomic mass is 9.94. The monoisotopic (exact) mass is 599 g/mol. The number of hydrogen-bond donors (Lipinski definition) is 4. The zero-order chi connectivity index (χ0) is 32.4. The Morgan fingerprint density at radius 2 is 1.47 bits per heavy atom. The van der Waals surface area contributed by atoms with Crippen LogP contribution in [0.25, 0.3) is 0 Å². The first-order valence-corrected chi connectivity index (χ1v) is 15.0. The second kappa shape index (κ2) is 16.2. The third kappa shape index (κ3) is 9.91. The summed E-state index contributed by atoms with van der Waals surface area (Å²) in [5.74, 6) is -3.16. The summed E-state index contributed by atoms with van der Waals surface area (Å²) < 4.78 is 4.83. The van der Waals surface area contributed by atoms with Crippen LogP contribution in [0.15, 0.2) is 42.0 Å². The fourth-order valence-electron chi connectivity index (χ4n) is 5.00. The van der Waals surface area contributed by atoms with Gasteiger partial charge in [0.2, 0.25) is 23.6 Å². The second-order valence-electron chi connectivity index (χ2n) is 12.0. The van der Waals surface area contributed by atoms with Crippen molar-refractivity contribution >= 4 is 29.6 Å². The van der Waals surface area contributed by atoms with Crippen LogP contribution in [0, 0.1) is 17.8 Å². The van der Waals surface area contributed by atoms with E-state index in [1.165, 1.54) is 12.0 Å².